The van der Waals surface area contributed by atoms with Gasteiger partial charge in [-0.25, -0.2) is 0 Å². The van der Waals surface area contributed by atoms with Gasteiger partial charge < -0.3 is 0 Å². The van der Waals surface area contributed by atoms with Gasteiger partial charge in [0.05, 0.1) is 5.69 Å². The van der Waals surface area contributed by atoms with E-state index in [0.29, 0.717) is 0 Å². The second-order valence-electron chi connectivity index (χ2n) is 10.7. The predicted octanol–water partition coefficient (Wildman–Crippen LogP) is 11.2. The van der Waals surface area contributed by atoms with Crippen LogP contribution in [0.2, 0.25) is 0 Å². The van der Waals surface area contributed by atoms with E-state index in [9.17, 15) is 0 Å². The zero-order valence-corrected chi connectivity index (χ0v) is 24.1. The molecule has 45 heavy (non-hydrogen) atoms. The average molecular weight is 580 g/mol. The minimum atomic E-state index is 0. The molecule has 0 radical (unpaired) electrons. The van der Waals surface area contributed by atoms with Crippen LogP contribution in [-0.2, 0) is 0 Å². The Bertz CT molecular complexity index is 1960. The minimum Gasteiger partial charge on any atom is -0.264 e. The Morgan fingerprint density at radius 3 is 1.07 bits per heavy atom. The van der Waals surface area contributed by atoms with E-state index in [1.807, 2.05) is 36.8 Å². The highest BCUT2D eigenvalue weighted by Gasteiger charge is 2.11. The second kappa shape index (κ2) is 13.2. The zero-order valence-electron chi connectivity index (χ0n) is 24.1. The molecule has 3 nitrogen and oxygen atoms in total. The van der Waals surface area contributed by atoms with Gasteiger partial charge in [-0.15, -0.1) is 0 Å². The molecule has 216 valence electrons. The molecular weight excluding hydrogens is 546 g/mol. The van der Waals surface area contributed by atoms with Crippen LogP contribution in [0.15, 0.2) is 165 Å². The quantitative estimate of drug-likeness (QED) is 0.188. The number of rotatable bonds is 7. The van der Waals surface area contributed by atoms with E-state index >= 15 is 0 Å². The van der Waals surface area contributed by atoms with Crippen LogP contribution < -0.4 is 0 Å². The second-order valence-corrected chi connectivity index (χ2v) is 10.7. The highest BCUT2D eigenvalue weighted by Crippen LogP contribution is 2.36. The Morgan fingerprint density at radius 2 is 0.733 bits per heavy atom. The Hall–Kier alpha value is -5.93. The van der Waals surface area contributed by atoms with E-state index in [1.165, 1.54) is 0 Å². The lowest BCUT2D eigenvalue weighted by Gasteiger charge is -2.14. The maximum absolute atomic E-state index is 4.52. The summed E-state index contributed by atoms with van der Waals surface area (Å²) in [6.07, 6.45) is 11.1. The van der Waals surface area contributed by atoms with Gasteiger partial charge in [-0.3, -0.25) is 15.0 Å². The molecule has 0 unspecified atom stereocenters. The molecule has 4 aromatic carbocycles. The Balaban J connectivity index is 0.00000357. The van der Waals surface area contributed by atoms with Crippen molar-refractivity contribution in [2.75, 3.05) is 0 Å². The minimum absolute atomic E-state index is 0. The van der Waals surface area contributed by atoms with Crippen LogP contribution in [0.25, 0.3) is 72.8 Å². The molecule has 0 fully saturated rings. The first-order chi connectivity index (χ1) is 21.7. The van der Waals surface area contributed by atoms with Crippen molar-refractivity contribution in [3.05, 3.63) is 171 Å². The average Bonchev–Trinajstić information content (AvgIpc) is 3.12. The standard InChI is InChI=1S/C41H29N3.CH4/c1-2-41-17-16-37(28-44-41)31-10-5-13-34(22-31)40-24-38(32-11-3-8-29(20-32)35-14-6-18-42-26-35)23-39(25-40)33-12-4-9-30(21-33)36-15-7-19-43-27-36;/h2-28H,1H2;1H4. The number of nitrogens with zero attached hydrogens (tertiary/aromatic N) is 3. The van der Waals surface area contributed by atoms with Crippen molar-refractivity contribution < 1.29 is 0 Å². The summed E-state index contributed by atoms with van der Waals surface area (Å²) in [5.41, 5.74) is 14.4. The summed E-state index contributed by atoms with van der Waals surface area (Å²) in [6.45, 7) is 3.83. The van der Waals surface area contributed by atoms with Crippen LogP contribution in [0, 0.1) is 0 Å². The number of pyridine rings is 3. The van der Waals surface area contributed by atoms with Crippen molar-refractivity contribution in [3.63, 3.8) is 0 Å². The highest BCUT2D eigenvalue weighted by molar-refractivity contribution is 5.85. The summed E-state index contributed by atoms with van der Waals surface area (Å²) in [5, 5.41) is 0. The van der Waals surface area contributed by atoms with E-state index < -0.39 is 0 Å². The zero-order chi connectivity index (χ0) is 29.7. The molecule has 3 aromatic heterocycles. The summed E-state index contributed by atoms with van der Waals surface area (Å²) in [4.78, 5) is 13.2. The molecule has 0 saturated carbocycles. The van der Waals surface area contributed by atoms with Gasteiger partial charge in [0, 0.05) is 47.7 Å². The lowest BCUT2D eigenvalue weighted by molar-refractivity contribution is 1.30. The molecule has 3 heterocycles. The molecule has 0 aliphatic heterocycles. The van der Waals surface area contributed by atoms with Gasteiger partial charge in [0.1, 0.15) is 0 Å². The van der Waals surface area contributed by atoms with Crippen LogP contribution in [0.5, 0.6) is 0 Å². The predicted molar refractivity (Wildman–Crippen MR) is 189 cm³/mol. The van der Waals surface area contributed by atoms with Gasteiger partial charge in [-0.1, -0.05) is 86.8 Å². The first-order valence-electron chi connectivity index (χ1n) is 14.6. The van der Waals surface area contributed by atoms with Crippen LogP contribution in [0.1, 0.15) is 13.1 Å². The van der Waals surface area contributed by atoms with Crippen LogP contribution in [0.4, 0.5) is 0 Å². The van der Waals surface area contributed by atoms with Gasteiger partial charge in [0.2, 0.25) is 0 Å². The third-order valence-electron chi connectivity index (χ3n) is 7.84. The molecule has 0 aliphatic rings. The molecule has 0 N–H and O–H groups in total. The van der Waals surface area contributed by atoms with Crippen molar-refractivity contribution >= 4 is 6.08 Å². The summed E-state index contributed by atoms with van der Waals surface area (Å²) in [5.74, 6) is 0. The maximum Gasteiger partial charge on any atom is 0.0624 e. The van der Waals surface area contributed by atoms with Gasteiger partial charge in [-0.05, 0) is 111 Å². The number of benzene rings is 4. The fourth-order valence-electron chi connectivity index (χ4n) is 5.53. The SMILES string of the molecule is C.C=Cc1ccc(-c2cccc(-c3cc(-c4cccc(-c5cccnc5)c4)cc(-c4cccc(-c5cccnc5)c4)c3)c2)cn1. The van der Waals surface area contributed by atoms with Crippen molar-refractivity contribution in [1.82, 2.24) is 15.0 Å². The largest absolute Gasteiger partial charge is 0.264 e. The van der Waals surface area contributed by atoms with E-state index in [4.69, 9.17) is 0 Å². The summed E-state index contributed by atoms with van der Waals surface area (Å²) >= 11 is 0. The molecule has 0 atom stereocenters. The highest BCUT2D eigenvalue weighted by atomic mass is 14.7. The van der Waals surface area contributed by atoms with Crippen LogP contribution in [0.3, 0.4) is 0 Å². The fourth-order valence-corrected chi connectivity index (χ4v) is 5.53. The van der Waals surface area contributed by atoms with Gasteiger partial charge in [0.25, 0.3) is 0 Å². The number of aromatic nitrogens is 3. The third-order valence-corrected chi connectivity index (χ3v) is 7.84. The smallest absolute Gasteiger partial charge is 0.0624 e. The monoisotopic (exact) mass is 579 g/mol. The molecule has 0 amide bonds. The lowest BCUT2D eigenvalue weighted by atomic mass is 9.90. The van der Waals surface area contributed by atoms with E-state index in [1.54, 1.807) is 18.5 Å². The summed E-state index contributed by atoms with van der Waals surface area (Å²) in [6, 6.07) is 45.1. The molecule has 3 heteroatoms. The van der Waals surface area contributed by atoms with Crippen LogP contribution in [-0.4, -0.2) is 15.0 Å². The van der Waals surface area contributed by atoms with E-state index in [2.05, 4.69) is 131 Å². The Labute approximate surface area is 265 Å². The van der Waals surface area contributed by atoms with E-state index in [0.717, 1.165) is 72.5 Å². The summed E-state index contributed by atoms with van der Waals surface area (Å²) in [7, 11) is 0. The molecule has 7 aromatic rings. The molecule has 0 saturated heterocycles. The number of hydrogen-bond acceptors (Lipinski definition) is 3. The van der Waals surface area contributed by atoms with Crippen molar-refractivity contribution in [2.24, 2.45) is 0 Å². The van der Waals surface area contributed by atoms with E-state index in [-0.39, 0.29) is 7.43 Å². The maximum atomic E-state index is 4.52. The summed E-state index contributed by atoms with van der Waals surface area (Å²) < 4.78 is 0. The van der Waals surface area contributed by atoms with Crippen molar-refractivity contribution in [3.8, 4) is 66.8 Å². The molecule has 7 rings (SSSR count). The fraction of sp³-hybridized carbons (Fsp3) is 0.0238. The molecule has 0 bridgehead atoms. The van der Waals surface area contributed by atoms with Crippen molar-refractivity contribution in [1.29, 1.82) is 0 Å². The normalized spacial score (nSPS) is 10.6. The van der Waals surface area contributed by atoms with Gasteiger partial charge in [-0.2, -0.15) is 0 Å². The lowest BCUT2D eigenvalue weighted by Crippen LogP contribution is -1.89. The van der Waals surface area contributed by atoms with Crippen LogP contribution >= 0.6 is 0 Å². The Morgan fingerprint density at radius 1 is 0.378 bits per heavy atom. The first-order valence-corrected chi connectivity index (χ1v) is 14.6. The third kappa shape index (κ3) is 6.39. The topological polar surface area (TPSA) is 38.7 Å². The first kappa shape index (κ1) is 29.2. The molecule has 0 spiro atoms. The molecule has 0 aliphatic carbocycles. The van der Waals surface area contributed by atoms with Crippen molar-refractivity contribution in [2.45, 2.75) is 7.43 Å². The Kier molecular flexibility index (Phi) is 8.52. The molecular formula is C42H33N3. The van der Waals surface area contributed by atoms with Gasteiger partial charge >= 0.3 is 0 Å². The number of hydrogen-bond donors (Lipinski definition) is 0. The van der Waals surface area contributed by atoms with Gasteiger partial charge in [0.15, 0.2) is 0 Å².